The predicted molar refractivity (Wildman–Crippen MR) is 115 cm³/mol. The predicted octanol–water partition coefficient (Wildman–Crippen LogP) is 5.97. The molecule has 0 spiro atoms. The molecule has 0 saturated carbocycles. The molecule has 0 aliphatic carbocycles. The van der Waals surface area contributed by atoms with Crippen molar-refractivity contribution in [3.63, 3.8) is 0 Å². The number of anilines is 1. The van der Waals surface area contributed by atoms with Gasteiger partial charge in [-0.2, -0.15) is 5.26 Å². The minimum Gasteiger partial charge on any atom is -0.312 e. The second-order valence-corrected chi connectivity index (χ2v) is 8.14. The molecule has 0 saturated heterocycles. The number of thiazole rings is 1. The van der Waals surface area contributed by atoms with E-state index in [9.17, 15) is 10.1 Å². The molecule has 1 N–H and O–H groups in total. The van der Waals surface area contributed by atoms with Crippen molar-refractivity contribution in [2.24, 2.45) is 0 Å². The van der Waals surface area contributed by atoms with Crippen LogP contribution in [-0.4, -0.2) is 10.9 Å². The standard InChI is InChI=1S/C22H15N3OS2/c1-14-19(28-21(24-14)16-10-6-3-7-11-16)20(26)25-22-17(13-23)12-18(27-22)15-8-4-2-5-9-15/h2-12H,1H3,(H,25,26). The van der Waals surface area contributed by atoms with Crippen LogP contribution >= 0.6 is 22.7 Å². The van der Waals surface area contributed by atoms with Crippen LogP contribution in [0.25, 0.3) is 21.0 Å². The number of nitrogens with zero attached hydrogens (tertiary/aromatic N) is 2. The number of nitriles is 1. The maximum Gasteiger partial charge on any atom is 0.268 e. The first-order valence-electron chi connectivity index (χ1n) is 8.59. The molecule has 4 nitrogen and oxygen atoms in total. The largest absolute Gasteiger partial charge is 0.312 e. The third kappa shape index (κ3) is 3.58. The Bertz CT molecular complexity index is 1170. The molecule has 0 aliphatic rings. The van der Waals surface area contributed by atoms with E-state index in [0.717, 1.165) is 21.0 Å². The first kappa shape index (κ1) is 18.1. The van der Waals surface area contributed by atoms with Gasteiger partial charge in [-0.25, -0.2) is 4.98 Å². The van der Waals surface area contributed by atoms with Gasteiger partial charge in [0.15, 0.2) is 0 Å². The lowest BCUT2D eigenvalue weighted by atomic mass is 10.2. The summed E-state index contributed by atoms with van der Waals surface area (Å²) in [6.45, 7) is 1.83. The van der Waals surface area contributed by atoms with Crippen molar-refractivity contribution in [2.45, 2.75) is 6.92 Å². The fourth-order valence-corrected chi connectivity index (χ4v) is 4.76. The van der Waals surface area contributed by atoms with E-state index in [1.165, 1.54) is 22.7 Å². The van der Waals surface area contributed by atoms with E-state index in [-0.39, 0.29) is 5.91 Å². The Hall–Kier alpha value is -3.27. The summed E-state index contributed by atoms with van der Waals surface area (Å²) in [6, 6.07) is 23.6. The average Bonchev–Trinajstić information content (AvgIpc) is 3.33. The molecule has 0 bridgehead atoms. The van der Waals surface area contributed by atoms with Crippen LogP contribution in [0.4, 0.5) is 5.00 Å². The zero-order valence-electron chi connectivity index (χ0n) is 15.0. The van der Waals surface area contributed by atoms with Crippen LogP contribution in [0.5, 0.6) is 0 Å². The number of nitrogens with one attached hydrogen (secondary N) is 1. The molecule has 2 aromatic heterocycles. The molecule has 0 radical (unpaired) electrons. The number of aryl methyl sites for hydroxylation is 1. The van der Waals surface area contributed by atoms with Crippen molar-refractivity contribution in [1.82, 2.24) is 4.98 Å². The zero-order valence-corrected chi connectivity index (χ0v) is 16.6. The highest BCUT2D eigenvalue weighted by Gasteiger charge is 2.19. The minimum atomic E-state index is -0.241. The van der Waals surface area contributed by atoms with Gasteiger partial charge in [0.2, 0.25) is 0 Å². The summed E-state index contributed by atoms with van der Waals surface area (Å²) in [5.74, 6) is -0.241. The highest BCUT2D eigenvalue weighted by molar-refractivity contribution is 7.20. The Kier molecular flexibility index (Phi) is 5.02. The van der Waals surface area contributed by atoms with Gasteiger partial charge in [0.05, 0.1) is 11.3 Å². The fraction of sp³-hybridized carbons (Fsp3) is 0.0455. The third-order valence-electron chi connectivity index (χ3n) is 4.16. The Morgan fingerprint density at radius 2 is 1.64 bits per heavy atom. The quantitative estimate of drug-likeness (QED) is 0.458. The van der Waals surface area contributed by atoms with Crippen molar-refractivity contribution in [3.05, 3.63) is 82.9 Å². The van der Waals surface area contributed by atoms with Crippen molar-refractivity contribution in [1.29, 1.82) is 5.26 Å². The molecular weight excluding hydrogens is 386 g/mol. The molecule has 0 unspecified atom stereocenters. The monoisotopic (exact) mass is 401 g/mol. The number of hydrogen-bond donors (Lipinski definition) is 1. The van der Waals surface area contributed by atoms with Crippen molar-refractivity contribution in [2.75, 3.05) is 5.32 Å². The van der Waals surface area contributed by atoms with Crippen molar-refractivity contribution in [3.8, 4) is 27.1 Å². The number of carbonyl (C=O) groups is 1. The molecule has 136 valence electrons. The van der Waals surface area contributed by atoms with E-state index < -0.39 is 0 Å². The van der Waals surface area contributed by atoms with Gasteiger partial charge in [-0.15, -0.1) is 22.7 Å². The molecule has 0 fully saturated rings. The normalized spacial score (nSPS) is 10.4. The lowest BCUT2D eigenvalue weighted by molar-refractivity contribution is 0.103. The number of thiophene rings is 1. The smallest absolute Gasteiger partial charge is 0.268 e. The molecule has 4 rings (SSSR count). The highest BCUT2D eigenvalue weighted by atomic mass is 32.1. The summed E-state index contributed by atoms with van der Waals surface area (Å²) >= 11 is 2.75. The lowest BCUT2D eigenvalue weighted by Crippen LogP contribution is -2.11. The molecule has 2 aromatic carbocycles. The maximum atomic E-state index is 12.9. The van der Waals surface area contributed by atoms with Crippen LogP contribution in [0.1, 0.15) is 20.9 Å². The topological polar surface area (TPSA) is 65.8 Å². The number of amides is 1. The number of aromatic nitrogens is 1. The number of benzene rings is 2. The molecule has 4 aromatic rings. The number of rotatable bonds is 4. The Morgan fingerprint density at radius 1 is 1.00 bits per heavy atom. The molecule has 6 heteroatoms. The second-order valence-electron chi connectivity index (χ2n) is 6.08. The molecular formula is C22H15N3OS2. The Labute approximate surface area is 170 Å². The van der Waals surface area contributed by atoms with Crippen LogP contribution in [0, 0.1) is 18.3 Å². The summed E-state index contributed by atoms with van der Waals surface area (Å²) in [4.78, 5) is 18.9. The average molecular weight is 402 g/mol. The van der Waals surface area contributed by atoms with Gasteiger partial charge in [-0.1, -0.05) is 60.7 Å². The lowest BCUT2D eigenvalue weighted by Gasteiger charge is -2.01. The van der Waals surface area contributed by atoms with Crippen LogP contribution in [0.3, 0.4) is 0 Å². The van der Waals surface area contributed by atoms with E-state index in [4.69, 9.17) is 0 Å². The van der Waals surface area contributed by atoms with E-state index >= 15 is 0 Å². The molecule has 1 amide bonds. The summed E-state index contributed by atoms with van der Waals surface area (Å²) in [6.07, 6.45) is 0. The van der Waals surface area contributed by atoms with E-state index in [1.54, 1.807) is 0 Å². The molecule has 0 atom stereocenters. The highest BCUT2D eigenvalue weighted by Crippen LogP contribution is 2.36. The Balaban J connectivity index is 1.62. The van der Waals surface area contributed by atoms with Gasteiger partial charge >= 0.3 is 0 Å². The van der Waals surface area contributed by atoms with Gasteiger partial charge in [0.1, 0.15) is 21.0 Å². The fourth-order valence-electron chi connectivity index (χ4n) is 2.78. The second kappa shape index (κ2) is 7.77. The van der Waals surface area contributed by atoms with Gasteiger partial charge < -0.3 is 5.32 Å². The molecule has 0 aliphatic heterocycles. The van der Waals surface area contributed by atoms with Gasteiger partial charge in [-0.3, -0.25) is 4.79 Å². The maximum absolute atomic E-state index is 12.9. The van der Waals surface area contributed by atoms with E-state index in [1.807, 2.05) is 73.7 Å². The SMILES string of the molecule is Cc1nc(-c2ccccc2)sc1C(=O)Nc1sc(-c2ccccc2)cc1C#N. The number of hydrogen-bond acceptors (Lipinski definition) is 5. The van der Waals surface area contributed by atoms with Crippen LogP contribution in [-0.2, 0) is 0 Å². The molecule has 28 heavy (non-hydrogen) atoms. The minimum absolute atomic E-state index is 0.241. The van der Waals surface area contributed by atoms with Gasteiger partial charge in [0.25, 0.3) is 5.91 Å². The van der Waals surface area contributed by atoms with Crippen molar-refractivity contribution < 1.29 is 4.79 Å². The van der Waals surface area contributed by atoms with E-state index in [2.05, 4.69) is 16.4 Å². The number of carbonyl (C=O) groups excluding carboxylic acids is 1. The zero-order chi connectivity index (χ0) is 19.5. The summed E-state index contributed by atoms with van der Waals surface area (Å²) < 4.78 is 0. The summed E-state index contributed by atoms with van der Waals surface area (Å²) in [5, 5.41) is 13.7. The van der Waals surface area contributed by atoms with Gasteiger partial charge in [0, 0.05) is 10.4 Å². The molecule has 2 heterocycles. The van der Waals surface area contributed by atoms with Gasteiger partial charge in [-0.05, 0) is 18.6 Å². The van der Waals surface area contributed by atoms with Crippen LogP contribution in [0.2, 0.25) is 0 Å². The third-order valence-corrected chi connectivity index (χ3v) is 6.47. The van der Waals surface area contributed by atoms with Crippen LogP contribution < -0.4 is 5.32 Å². The van der Waals surface area contributed by atoms with Crippen LogP contribution in [0.15, 0.2) is 66.7 Å². The summed E-state index contributed by atoms with van der Waals surface area (Å²) in [5.41, 5.74) is 3.14. The summed E-state index contributed by atoms with van der Waals surface area (Å²) in [7, 11) is 0. The Morgan fingerprint density at radius 3 is 2.29 bits per heavy atom. The van der Waals surface area contributed by atoms with E-state index in [0.29, 0.717) is 21.1 Å². The first-order chi connectivity index (χ1) is 13.7. The first-order valence-corrected chi connectivity index (χ1v) is 10.2. The van der Waals surface area contributed by atoms with Crippen molar-refractivity contribution >= 4 is 33.6 Å².